The van der Waals surface area contributed by atoms with Crippen LogP contribution in [-0.2, 0) is 17.9 Å². The lowest BCUT2D eigenvalue weighted by atomic mass is 10.2. The van der Waals surface area contributed by atoms with Gasteiger partial charge >= 0.3 is 0 Å². The molecule has 0 saturated heterocycles. The number of ether oxygens (including phenoxy) is 2. The zero-order valence-electron chi connectivity index (χ0n) is 16.0. The van der Waals surface area contributed by atoms with Gasteiger partial charge in [-0.25, -0.2) is 0 Å². The van der Waals surface area contributed by atoms with Crippen LogP contribution in [0.5, 0.6) is 11.5 Å². The summed E-state index contributed by atoms with van der Waals surface area (Å²) in [4.78, 5) is 14.5. The molecular formula is C22H25NO5. The van der Waals surface area contributed by atoms with Gasteiger partial charge in [-0.2, -0.15) is 0 Å². The third kappa shape index (κ3) is 5.67. The number of rotatable bonds is 11. The number of furan rings is 2. The fraction of sp³-hybridized carbons (Fsp3) is 0.318. The lowest BCUT2D eigenvalue weighted by molar-refractivity contribution is -0.133. The minimum absolute atomic E-state index is 0.0227. The second-order valence-electron chi connectivity index (χ2n) is 6.24. The molecule has 6 nitrogen and oxygen atoms in total. The molecular weight excluding hydrogens is 358 g/mol. The smallest absolute Gasteiger partial charge is 0.223 e. The van der Waals surface area contributed by atoms with Crippen LogP contribution in [0.3, 0.4) is 0 Å². The zero-order chi connectivity index (χ0) is 19.6. The first-order valence-electron chi connectivity index (χ1n) is 9.43. The average molecular weight is 383 g/mol. The number of hydrogen-bond donors (Lipinski definition) is 0. The number of hydrogen-bond acceptors (Lipinski definition) is 5. The molecule has 0 N–H and O–H groups in total. The first-order valence-corrected chi connectivity index (χ1v) is 9.43. The van der Waals surface area contributed by atoms with E-state index in [0.717, 1.165) is 11.5 Å². The Kier molecular flexibility index (Phi) is 7.18. The van der Waals surface area contributed by atoms with Crippen molar-refractivity contribution < 1.29 is 23.1 Å². The van der Waals surface area contributed by atoms with Gasteiger partial charge in [0.2, 0.25) is 5.91 Å². The van der Waals surface area contributed by atoms with E-state index in [0.29, 0.717) is 50.6 Å². The fourth-order valence-corrected chi connectivity index (χ4v) is 2.82. The second-order valence-corrected chi connectivity index (χ2v) is 6.24. The van der Waals surface area contributed by atoms with Crippen LogP contribution in [0.2, 0.25) is 0 Å². The van der Waals surface area contributed by atoms with Crippen LogP contribution in [0.15, 0.2) is 69.9 Å². The SMILES string of the molecule is CCOc1ccccc1OCCCC(=O)N(Cc1ccco1)Cc1ccco1. The van der Waals surface area contributed by atoms with Crippen LogP contribution in [0, 0.1) is 0 Å². The van der Waals surface area contributed by atoms with Crippen LogP contribution < -0.4 is 9.47 Å². The summed E-state index contributed by atoms with van der Waals surface area (Å²) in [7, 11) is 0. The molecule has 0 aliphatic heterocycles. The number of carbonyl (C=O) groups excluding carboxylic acids is 1. The summed E-state index contributed by atoms with van der Waals surface area (Å²) in [6.45, 7) is 3.75. The van der Waals surface area contributed by atoms with E-state index in [4.69, 9.17) is 18.3 Å². The van der Waals surface area contributed by atoms with Gasteiger partial charge in [0.15, 0.2) is 11.5 Å². The molecule has 0 unspecified atom stereocenters. The van der Waals surface area contributed by atoms with Gasteiger partial charge in [0.05, 0.1) is 38.8 Å². The molecule has 1 amide bonds. The molecule has 2 heterocycles. The van der Waals surface area contributed by atoms with E-state index in [9.17, 15) is 4.79 Å². The van der Waals surface area contributed by atoms with Gasteiger partial charge in [0.25, 0.3) is 0 Å². The van der Waals surface area contributed by atoms with E-state index in [2.05, 4.69) is 0 Å². The highest BCUT2D eigenvalue weighted by atomic mass is 16.5. The minimum Gasteiger partial charge on any atom is -0.490 e. The summed E-state index contributed by atoms with van der Waals surface area (Å²) in [6.07, 6.45) is 4.19. The Balaban J connectivity index is 1.52. The Hall–Kier alpha value is -3.15. The summed E-state index contributed by atoms with van der Waals surface area (Å²) in [5, 5.41) is 0. The molecule has 3 rings (SSSR count). The number of carbonyl (C=O) groups is 1. The largest absolute Gasteiger partial charge is 0.490 e. The second kappa shape index (κ2) is 10.3. The number of nitrogens with zero attached hydrogens (tertiary/aromatic N) is 1. The summed E-state index contributed by atoms with van der Waals surface area (Å²) in [5.41, 5.74) is 0. The molecule has 2 aromatic heterocycles. The quantitative estimate of drug-likeness (QED) is 0.451. The summed E-state index contributed by atoms with van der Waals surface area (Å²) < 4.78 is 22.1. The van der Waals surface area contributed by atoms with Gasteiger partial charge in [-0.05, 0) is 49.7 Å². The molecule has 0 aliphatic rings. The lowest BCUT2D eigenvalue weighted by Crippen LogP contribution is -2.30. The molecule has 0 radical (unpaired) electrons. The molecule has 0 aliphatic carbocycles. The van der Waals surface area contributed by atoms with Crippen LogP contribution in [-0.4, -0.2) is 24.0 Å². The van der Waals surface area contributed by atoms with Crippen molar-refractivity contribution in [2.45, 2.75) is 32.9 Å². The molecule has 1 aromatic carbocycles. The van der Waals surface area contributed by atoms with Crippen molar-refractivity contribution >= 4 is 5.91 Å². The molecule has 148 valence electrons. The van der Waals surface area contributed by atoms with Crippen molar-refractivity contribution in [2.24, 2.45) is 0 Å². The van der Waals surface area contributed by atoms with Gasteiger partial charge in [0.1, 0.15) is 11.5 Å². The van der Waals surface area contributed by atoms with Crippen molar-refractivity contribution in [2.75, 3.05) is 13.2 Å². The van der Waals surface area contributed by atoms with E-state index in [1.807, 2.05) is 55.5 Å². The zero-order valence-corrected chi connectivity index (χ0v) is 16.0. The molecule has 3 aromatic rings. The predicted octanol–water partition coefficient (Wildman–Crippen LogP) is 4.66. The number of benzene rings is 1. The molecule has 0 bridgehead atoms. The maximum absolute atomic E-state index is 12.7. The Labute approximate surface area is 164 Å². The van der Waals surface area contributed by atoms with Crippen LogP contribution in [0.1, 0.15) is 31.3 Å². The van der Waals surface area contributed by atoms with Gasteiger partial charge < -0.3 is 23.2 Å². The third-order valence-electron chi connectivity index (χ3n) is 4.15. The van der Waals surface area contributed by atoms with Crippen molar-refractivity contribution in [3.8, 4) is 11.5 Å². The molecule has 0 spiro atoms. The Morgan fingerprint density at radius 3 is 2.04 bits per heavy atom. The number of amides is 1. The lowest BCUT2D eigenvalue weighted by Gasteiger charge is -2.20. The Morgan fingerprint density at radius 2 is 1.50 bits per heavy atom. The van der Waals surface area contributed by atoms with Crippen LogP contribution in [0.25, 0.3) is 0 Å². The molecule has 28 heavy (non-hydrogen) atoms. The monoisotopic (exact) mass is 383 g/mol. The molecule has 0 fully saturated rings. The van der Waals surface area contributed by atoms with E-state index < -0.39 is 0 Å². The summed E-state index contributed by atoms with van der Waals surface area (Å²) in [5.74, 6) is 2.91. The average Bonchev–Trinajstić information content (AvgIpc) is 3.40. The van der Waals surface area contributed by atoms with Gasteiger partial charge in [-0.1, -0.05) is 12.1 Å². The van der Waals surface area contributed by atoms with Crippen molar-refractivity contribution in [3.05, 3.63) is 72.6 Å². The molecule has 0 atom stereocenters. The van der Waals surface area contributed by atoms with E-state index in [1.165, 1.54) is 0 Å². The third-order valence-corrected chi connectivity index (χ3v) is 4.15. The first kappa shape index (κ1) is 19.6. The van der Waals surface area contributed by atoms with E-state index in [1.54, 1.807) is 17.4 Å². The maximum Gasteiger partial charge on any atom is 0.223 e. The van der Waals surface area contributed by atoms with Gasteiger partial charge in [-0.3, -0.25) is 4.79 Å². The van der Waals surface area contributed by atoms with E-state index >= 15 is 0 Å². The van der Waals surface area contributed by atoms with Gasteiger partial charge in [0, 0.05) is 6.42 Å². The summed E-state index contributed by atoms with van der Waals surface area (Å²) in [6, 6.07) is 14.9. The van der Waals surface area contributed by atoms with Gasteiger partial charge in [-0.15, -0.1) is 0 Å². The first-order chi connectivity index (χ1) is 13.8. The normalized spacial score (nSPS) is 10.6. The van der Waals surface area contributed by atoms with Crippen LogP contribution >= 0.6 is 0 Å². The molecule has 0 saturated carbocycles. The minimum atomic E-state index is 0.0227. The highest BCUT2D eigenvalue weighted by Gasteiger charge is 2.17. The highest BCUT2D eigenvalue weighted by molar-refractivity contribution is 5.76. The Morgan fingerprint density at radius 1 is 0.893 bits per heavy atom. The Bertz CT molecular complexity index is 790. The number of para-hydroxylation sites is 2. The fourth-order valence-electron chi connectivity index (χ4n) is 2.82. The van der Waals surface area contributed by atoms with E-state index in [-0.39, 0.29) is 5.91 Å². The van der Waals surface area contributed by atoms with Crippen molar-refractivity contribution in [1.29, 1.82) is 0 Å². The highest BCUT2D eigenvalue weighted by Crippen LogP contribution is 2.26. The summed E-state index contributed by atoms with van der Waals surface area (Å²) >= 11 is 0. The standard InChI is InChI=1S/C22H25NO5/c1-2-25-20-10-3-4-11-21(20)28-15-7-12-22(24)23(16-18-8-5-13-26-18)17-19-9-6-14-27-19/h3-6,8-11,13-14H,2,7,12,15-17H2,1H3. The van der Waals surface area contributed by atoms with Crippen molar-refractivity contribution in [1.82, 2.24) is 4.90 Å². The topological polar surface area (TPSA) is 65.1 Å². The maximum atomic E-state index is 12.7. The van der Waals surface area contributed by atoms with Crippen molar-refractivity contribution in [3.63, 3.8) is 0 Å². The predicted molar refractivity (Wildman–Crippen MR) is 104 cm³/mol. The molecule has 6 heteroatoms. The van der Waals surface area contributed by atoms with Crippen LogP contribution in [0.4, 0.5) is 0 Å².